The van der Waals surface area contributed by atoms with Crippen molar-refractivity contribution >= 4 is 11.8 Å². The van der Waals surface area contributed by atoms with Crippen molar-refractivity contribution in [2.45, 2.75) is 37.1 Å². The van der Waals surface area contributed by atoms with Crippen LogP contribution >= 0.6 is 11.8 Å². The van der Waals surface area contributed by atoms with Crippen molar-refractivity contribution in [2.75, 3.05) is 0 Å². The van der Waals surface area contributed by atoms with Gasteiger partial charge in [-0.1, -0.05) is 37.7 Å². The largest absolute Gasteiger partial charge is 0.339 e. The average Bonchev–Trinajstić information content (AvgIpc) is 3.13. The summed E-state index contributed by atoms with van der Waals surface area (Å²) < 4.78 is 7.25. The molecule has 120 valence electrons. The standard InChI is InChI=1S/C15H18N6OS/c1-15(2,3)13-17-11(20-22-13)9-23-14-19-18-12(21(14)4)10-5-7-16-8-6-10/h5-8H,9H2,1-4H3. The van der Waals surface area contributed by atoms with E-state index < -0.39 is 0 Å². The van der Waals surface area contributed by atoms with Crippen LogP contribution in [0.15, 0.2) is 34.2 Å². The molecule has 0 aliphatic heterocycles. The van der Waals surface area contributed by atoms with Crippen LogP contribution in [0.1, 0.15) is 32.5 Å². The Hall–Kier alpha value is -2.22. The molecule has 0 aromatic carbocycles. The summed E-state index contributed by atoms with van der Waals surface area (Å²) in [7, 11) is 1.94. The number of hydrogen-bond donors (Lipinski definition) is 0. The van der Waals surface area contributed by atoms with E-state index in [4.69, 9.17) is 4.52 Å². The topological polar surface area (TPSA) is 82.5 Å². The molecule has 0 atom stereocenters. The molecule has 0 aliphatic rings. The van der Waals surface area contributed by atoms with Crippen molar-refractivity contribution in [3.63, 3.8) is 0 Å². The van der Waals surface area contributed by atoms with E-state index in [0.29, 0.717) is 17.5 Å². The van der Waals surface area contributed by atoms with Crippen LogP contribution in [-0.4, -0.2) is 29.9 Å². The van der Waals surface area contributed by atoms with Crippen LogP contribution in [0.4, 0.5) is 0 Å². The number of nitrogens with zero attached hydrogens (tertiary/aromatic N) is 6. The summed E-state index contributed by atoms with van der Waals surface area (Å²) in [5.41, 5.74) is 0.839. The Balaban J connectivity index is 1.72. The lowest BCUT2D eigenvalue weighted by Gasteiger charge is -2.10. The van der Waals surface area contributed by atoms with Gasteiger partial charge in [-0.25, -0.2) is 0 Å². The SMILES string of the molecule is Cn1c(SCc2noc(C(C)(C)C)n2)nnc1-c1ccncc1. The number of rotatable bonds is 4. The number of aromatic nitrogens is 6. The van der Waals surface area contributed by atoms with Crippen LogP contribution in [0, 0.1) is 0 Å². The highest BCUT2D eigenvalue weighted by molar-refractivity contribution is 7.98. The molecule has 8 heteroatoms. The van der Waals surface area contributed by atoms with Crippen molar-refractivity contribution in [1.29, 1.82) is 0 Å². The van der Waals surface area contributed by atoms with E-state index in [0.717, 1.165) is 16.5 Å². The summed E-state index contributed by atoms with van der Waals surface area (Å²) in [5, 5.41) is 13.3. The molecule has 0 amide bonds. The minimum Gasteiger partial charge on any atom is -0.339 e. The van der Waals surface area contributed by atoms with Crippen LogP contribution in [0.25, 0.3) is 11.4 Å². The van der Waals surface area contributed by atoms with Crippen molar-refractivity contribution in [3.8, 4) is 11.4 Å². The quantitative estimate of drug-likeness (QED) is 0.680. The molecule has 0 bridgehead atoms. The normalized spacial score (nSPS) is 11.8. The van der Waals surface area contributed by atoms with Gasteiger partial charge in [0.15, 0.2) is 16.8 Å². The Morgan fingerprint density at radius 2 is 1.91 bits per heavy atom. The van der Waals surface area contributed by atoms with Crippen LogP contribution in [0.5, 0.6) is 0 Å². The maximum atomic E-state index is 5.30. The van der Waals surface area contributed by atoms with E-state index in [1.54, 1.807) is 12.4 Å². The fourth-order valence-electron chi connectivity index (χ4n) is 1.94. The zero-order valence-corrected chi connectivity index (χ0v) is 14.3. The molecular formula is C15H18N6OS. The van der Waals surface area contributed by atoms with Gasteiger partial charge in [-0.3, -0.25) is 4.98 Å². The Labute approximate surface area is 138 Å². The number of pyridine rings is 1. The van der Waals surface area contributed by atoms with E-state index >= 15 is 0 Å². The third kappa shape index (κ3) is 3.42. The molecule has 3 aromatic heterocycles. The lowest BCUT2D eigenvalue weighted by atomic mass is 9.97. The molecule has 0 spiro atoms. The van der Waals surface area contributed by atoms with Gasteiger partial charge in [0.05, 0.1) is 5.75 Å². The average molecular weight is 330 g/mol. The molecule has 0 radical (unpaired) electrons. The first-order valence-corrected chi connectivity index (χ1v) is 8.19. The Morgan fingerprint density at radius 3 is 2.57 bits per heavy atom. The van der Waals surface area contributed by atoms with Gasteiger partial charge < -0.3 is 9.09 Å². The van der Waals surface area contributed by atoms with Gasteiger partial charge >= 0.3 is 0 Å². The molecule has 0 saturated carbocycles. The summed E-state index contributed by atoms with van der Waals surface area (Å²) >= 11 is 1.53. The highest BCUT2D eigenvalue weighted by atomic mass is 32.2. The first kappa shape index (κ1) is 15.7. The van der Waals surface area contributed by atoms with Crippen LogP contribution < -0.4 is 0 Å². The summed E-state index contributed by atoms with van der Waals surface area (Å²) in [6.07, 6.45) is 3.48. The molecular weight excluding hydrogens is 312 g/mol. The predicted octanol–water partition coefficient (Wildman–Crippen LogP) is 2.85. The lowest BCUT2D eigenvalue weighted by Crippen LogP contribution is -2.11. The van der Waals surface area contributed by atoms with Crippen LogP contribution in [0.3, 0.4) is 0 Å². The molecule has 7 nitrogen and oxygen atoms in total. The van der Waals surface area contributed by atoms with E-state index in [2.05, 4.69) is 25.3 Å². The van der Waals surface area contributed by atoms with Crippen molar-refractivity contribution in [2.24, 2.45) is 7.05 Å². The second kappa shape index (κ2) is 6.11. The summed E-state index contributed by atoms with van der Waals surface area (Å²) in [6.45, 7) is 6.13. The van der Waals surface area contributed by atoms with Crippen LogP contribution in [-0.2, 0) is 18.2 Å². The van der Waals surface area contributed by atoms with E-state index in [9.17, 15) is 0 Å². The molecule has 0 aliphatic carbocycles. The molecule has 0 fully saturated rings. The molecule has 3 heterocycles. The fourth-order valence-corrected chi connectivity index (χ4v) is 2.69. The van der Waals surface area contributed by atoms with Crippen molar-refractivity contribution < 1.29 is 4.52 Å². The molecule has 0 unspecified atom stereocenters. The first-order valence-electron chi connectivity index (χ1n) is 7.21. The van der Waals surface area contributed by atoms with Gasteiger partial charge in [0.2, 0.25) is 5.89 Å². The van der Waals surface area contributed by atoms with Gasteiger partial charge in [-0.15, -0.1) is 10.2 Å². The van der Waals surface area contributed by atoms with Crippen molar-refractivity contribution in [3.05, 3.63) is 36.2 Å². The zero-order chi connectivity index (χ0) is 16.4. The Morgan fingerprint density at radius 1 is 1.17 bits per heavy atom. The molecule has 23 heavy (non-hydrogen) atoms. The number of hydrogen-bond acceptors (Lipinski definition) is 7. The zero-order valence-electron chi connectivity index (χ0n) is 13.5. The molecule has 3 aromatic rings. The fraction of sp³-hybridized carbons (Fsp3) is 0.400. The minimum atomic E-state index is -0.144. The Kier molecular flexibility index (Phi) is 4.16. The minimum absolute atomic E-state index is 0.144. The van der Waals surface area contributed by atoms with Crippen molar-refractivity contribution in [1.82, 2.24) is 29.9 Å². The van der Waals surface area contributed by atoms with Gasteiger partial charge in [0.1, 0.15) is 0 Å². The summed E-state index contributed by atoms with van der Waals surface area (Å²) in [6, 6.07) is 3.82. The smallest absolute Gasteiger partial charge is 0.232 e. The van der Waals surface area contributed by atoms with Crippen LogP contribution in [0.2, 0.25) is 0 Å². The summed E-state index contributed by atoms with van der Waals surface area (Å²) in [5.74, 6) is 2.69. The second-order valence-electron chi connectivity index (χ2n) is 6.16. The molecule has 3 rings (SSSR count). The third-order valence-corrected chi connectivity index (χ3v) is 4.23. The van der Waals surface area contributed by atoms with Gasteiger partial charge in [0.25, 0.3) is 0 Å². The maximum Gasteiger partial charge on any atom is 0.232 e. The monoisotopic (exact) mass is 330 g/mol. The highest BCUT2D eigenvalue weighted by Gasteiger charge is 2.22. The third-order valence-electron chi connectivity index (χ3n) is 3.21. The number of thioether (sulfide) groups is 1. The highest BCUT2D eigenvalue weighted by Crippen LogP contribution is 2.25. The van der Waals surface area contributed by atoms with E-state index in [1.807, 2.05) is 44.5 Å². The van der Waals surface area contributed by atoms with Gasteiger partial charge in [-0.2, -0.15) is 4.98 Å². The lowest BCUT2D eigenvalue weighted by molar-refractivity contribution is 0.319. The molecule has 0 N–H and O–H groups in total. The van der Waals surface area contributed by atoms with Gasteiger partial charge in [-0.05, 0) is 12.1 Å². The van der Waals surface area contributed by atoms with E-state index in [-0.39, 0.29) is 5.41 Å². The molecule has 0 saturated heterocycles. The predicted molar refractivity (Wildman–Crippen MR) is 86.8 cm³/mol. The van der Waals surface area contributed by atoms with Gasteiger partial charge in [0, 0.05) is 30.4 Å². The maximum absolute atomic E-state index is 5.30. The van der Waals surface area contributed by atoms with E-state index in [1.165, 1.54) is 11.8 Å². The second-order valence-corrected chi connectivity index (χ2v) is 7.10. The first-order chi connectivity index (χ1) is 10.9. The Bertz CT molecular complexity index is 790. The summed E-state index contributed by atoms with van der Waals surface area (Å²) in [4.78, 5) is 8.44.